The number of nitro benzene ring substituents is 2. The van der Waals surface area contributed by atoms with E-state index in [0.29, 0.717) is 23.5 Å². The Labute approximate surface area is 240 Å². The first-order valence-electron chi connectivity index (χ1n) is 13.0. The molecule has 3 aromatic carbocycles. The Bertz CT molecular complexity index is 1450. The average Bonchev–Trinajstić information content (AvgIpc) is 3.27. The zero-order valence-electron chi connectivity index (χ0n) is 21.9. The standard InChI is InChI=1S/C29H28ClN3O6S/c1-16(2)15-39-29(34)18-9-12-22-20(13-18)26-21(28(31-22)17-7-10-19(11-8-17)32(35)36)14-25(27(26)30)40-24-6-4-3-5-23(24)33(37)38/h3-13,16,21,25-28,31H,14-15H2,1-2H3. The first-order valence-corrected chi connectivity index (χ1v) is 14.3. The third-order valence-corrected chi connectivity index (χ3v) is 9.51. The normalized spacial score (nSPS) is 23.1. The van der Waals surface area contributed by atoms with Crippen molar-refractivity contribution in [1.82, 2.24) is 0 Å². The van der Waals surface area contributed by atoms with Gasteiger partial charge < -0.3 is 10.1 Å². The summed E-state index contributed by atoms with van der Waals surface area (Å²) >= 11 is 8.59. The van der Waals surface area contributed by atoms with Crippen LogP contribution < -0.4 is 5.32 Å². The van der Waals surface area contributed by atoms with Gasteiger partial charge in [-0.3, -0.25) is 20.2 Å². The number of halogens is 1. The molecule has 5 unspecified atom stereocenters. The predicted molar refractivity (Wildman–Crippen MR) is 154 cm³/mol. The molecule has 1 N–H and O–H groups in total. The van der Waals surface area contributed by atoms with Gasteiger partial charge in [-0.25, -0.2) is 4.79 Å². The SMILES string of the molecule is CC(C)COC(=O)c1ccc2c(c1)C1C(Cl)C(Sc3ccccc3[N+](=O)[O-])CC1C(c1ccc([N+](=O)[O-])cc1)N2. The van der Waals surface area contributed by atoms with Gasteiger partial charge in [0, 0.05) is 35.1 Å². The number of para-hydroxylation sites is 1. The van der Waals surface area contributed by atoms with Crippen LogP contribution in [0.2, 0.25) is 0 Å². The van der Waals surface area contributed by atoms with Crippen molar-refractivity contribution in [2.24, 2.45) is 11.8 Å². The zero-order chi connectivity index (χ0) is 28.6. The number of carbonyl (C=O) groups excluding carboxylic acids is 1. The van der Waals surface area contributed by atoms with E-state index >= 15 is 0 Å². The number of carbonyl (C=O) groups is 1. The number of thioether (sulfide) groups is 1. The van der Waals surface area contributed by atoms with Crippen molar-refractivity contribution in [3.63, 3.8) is 0 Å². The molecule has 5 atom stereocenters. The second-order valence-electron chi connectivity index (χ2n) is 10.5. The van der Waals surface area contributed by atoms with Crippen LogP contribution >= 0.6 is 23.4 Å². The van der Waals surface area contributed by atoms with Crippen molar-refractivity contribution in [1.29, 1.82) is 0 Å². The van der Waals surface area contributed by atoms with Crippen molar-refractivity contribution in [2.75, 3.05) is 11.9 Å². The number of rotatable bonds is 8. The highest BCUT2D eigenvalue weighted by atomic mass is 35.5. The molecule has 11 heteroatoms. The number of nitro groups is 2. The Morgan fingerprint density at radius 3 is 2.48 bits per heavy atom. The first kappa shape index (κ1) is 27.9. The van der Waals surface area contributed by atoms with Gasteiger partial charge in [0.05, 0.1) is 38.3 Å². The molecule has 1 heterocycles. The molecule has 1 aliphatic heterocycles. The van der Waals surface area contributed by atoms with Gasteiger partial charge in [-0.15, -0.1) is 23.4 Å². The number of ether oxygens (including phenoxy) is 1. The number of nitrogens with one attached hydrogen (secondary N) is 1. The lowest BCUT2D eigenvalue weighted by Crippen LogP contribution is -2.31. The van der Waals surface area contributed by atoms with Crippen LogP contribution in [0.4, 0.5) is 17.1 Å². The van der Waals surface area contributed by atoms with E-state index in [2.05, 4.69) is 5.32 Å². The average molecular weight is 582 g/mol. The molecule has 0 amide bonds. The van der Waals surface area contributed by atoms with Crippen molar-refractivity contribution in [3.05, 3.63) is 104 Å². The van der Waals surface area contributed by atoms with Gasteiger partial charge in [-0.2, -0.15) is 0 Å². The highest BCUT2D eigenvalue weighted by Gasteiger charge is 2.50. The number of alkyl halides is 1. The molecular weight excluding hydrogens is 554 g/mol. The van der Waals surface area contributed by atoms with Crippen LogP contribution in [0.25, 0.3) is 0 Å². The van der Waals surface area contributed by atoms with Gasteiger partial charge in [0.2, 0.25) is 0 Å². The molecule has 208 valence electrons. The highest BCUT2D eigenvalue weighted by Crippen LogP contribution is 2.58. The minimum atomic E-state index is -0.431. The van der Waals surface area contributed by atoms with Crippen LogP contribution in [0.1, 0.15) is 53.7 Å². The minimum Gasteiger partial charge on any atom is -0.462 e. The van der Waals surface area contributed by atoms with Crippen molar-refractivity contribution < 1.29 is 19.4 Å². The predicted octanol–water partition coefficient (Wildman–Crippen LogP) is 7.35. The molecule has 9 nitrogen and oxygen atoms in total. The third-order valence-electron chi connectivity index (χ3n) is 7.40. The lowest BCUT2D eigenvalue weighted by molar-refractivity contribution is -0.387. The molecule has 1 aliphatic carbocycles. The van der Waals surface area contributed by atoms with Gasteiger partial charge in [0.15, 0.2) is 0 Å². The number of esters is 1. The van der Waals surface area contributed by atoms with Crippen molar-refractivity contribution >= 4 is 46.4 Å². The first-order chi connectivity index (χ1) is 19.1. The summed E-state index contributed by atoms with van der Waals surface area (Å²) in [6, 6.07) is 18.3. The zero-order valence-corrected chi connectivity index (χ0v) is 23.4. The number of nitrogens with zero attached hydrogens (tertiary/aromatic N) is 2. The fourth-order valence-corrected chi connectivity index (χ4v) is 7.52. The van der Waals surface area contributed by atoms with Crippen LogP contribution in [-0.4, -0.2) is 33.0 Å². The smallest absolute Gasteiger partial charge is 0.338 e. The molecule has 0 spiro atoms. The fourth-order valence-electron chi connectivity index (χ4n) is 5.57. The second kappa shape index (κ2) is 11.5. The topological polar surface area (TPSA) is 125 Å². The molecule has 40 heavy (non-hydrogen) atoms. The highest BCUT2D eigenvalue weighted by molar-refractivity contribution is 8.00. The molecule has 0 aromatic heterocycles. The quantitative estimate of drug-likeness (QED) is 0.127. The molecule has 5 rings (SSSR count). The van der Waals surface area contributed by atoms with Crippen LogP contribution in [-0.2, 0) is 4.74 Å². The maximum atomic E-state index is 12.8. The van der Waals surface area contributed by atoms with Gasteiger partial charge in [-0.05, 0) is 53.6 Å². The molecule has 0 radical (unpaired) electrons. The molecule has 3 aromatic rings. The van der Waals surface area contributed by atoms with E-state index in [0.717, 1.165) is 16.8 Å². The van der Waals surface area contributed by atoms with Gasteiger partial charge in [-0.1, -0.05) is 38.1 Å². The van der Waals surface area contributed by atoms with Gasteiger partial charge in [0.25, 0.3) is 11.4 Å². The monoisotopic (exact) mass is 581 g/mol. The molecule has 1 fully saturated rings. The van der Waals surface area contributed by atoms with E-state index < -0.39 is 16.3 Å². The lowest BCUT2D eigenvalue weighted by Gasteiger charge is -2.38. The summed E-state index contributed by atoms with van der Waals surface area (Å²) in [5, 5.41) is 25.9. The van der Waals surface area contributed by atoms with E-state index in [1.807, 2.05) is 26.0 Å². The summed E-state index contributed by atoms with van der Waals surface area (Å²) in [6.45, 7) is 4.26. The minimum absolute atomic E-state index is 0.00697. The summed E-state index contributed by atoms with van der Waals surface area (Å²) in [5.74, 6) is -0.396. The molecule has 0 saturated heterocycles. The summed E-state index contributed by atoms with van der Waals surface area (Å²) in [7, 11) is 0. The van der Waals surface area contributed by atoms with E-state index in [-0.39, 0.29) is 45.3 Å². The lowest BCUT2D eigenvalue weighted by atomic mass is 9.77. The number of fused-ring (bicyclic) bond motifs is 3. The Hall–Kier alpha value is -3.63. The molecule has 0 bridgehead atoms. The van der Waals surface area contributed by atoms with Crippen LogP contribution in [0, 0.1) is 32.1 Å². The maximum Gasteiger partial charge on any atom is 0.338 e. The Morgan fingerprint density at radius 2 is 1.80 bits per heavy atom. The van der Waals surface area contributed by atoms with E-state index in [1.165, 1.54) is 30.0 Å². The number of hydrogen-bond acceptors (Lipinski definition) is 8. The number of hydrogen-bond donors (Lipinski definition) is 1. The summed E-state index contributed by atoms with van der Waals surface area (Å²) in [5.41, 5.74) is 3.08. The van der Waals surface area contributed by atoms with E-state index in [4.69, 9.17) is 16.3 Å². The van der Waals surface area contributed by atoms with Gasteiger partial charge in [0.1, 0.15) is 0 Å². The van der Waals surface area contributed by atoms with Gasteiger partial charge >= 0.3 is 5.97 Å². The fraction of sp³-hybridized carbons (Fsp3) is 0.345. The molecule has 1 saturated carbocycles. The van der Waals surface area contributed by atoms with Crippen LogP contribution in [0.5, 0.6) is 0 Å². The summed E-state index contributed by atoms with van der Waals surface area (Å²) < 4.78 is 5.46. The van der Waals surface area contributed by atoms with Crippen molar-refractivity contribution in [2.45, 2.75) is 47.8 Å². The second-order valence-corrected chi connectivity index (χ2v) is 12.3. The van der Waals surface area contributed by atoms with E-state index in [1.54, 1.807) is 36.4 Å². The maximum absolute atomic E-state index is 12.8. The van der Waals surface area contributed by atoms with Crippen LogP contribution in [0.3, 0.4) is 0 Å². The summed E-state index contributed by atoms with van der Waals surface area (Å²) in [6.07, 6.45) is 0.645. The number of anilines is 1. The summed E-state index contributed by atoms with van der Waals surface area (Å²) in [4.78, 5) is 35.4. The van der Waals surface area contributed by atoms with Crippen LogP contribution in [0.15, 0.2) is 71.6 Å². The Kier molecular flexibility index (Phi) is 8.00. The van der Waals surface area contributed by atoms with Crippen molar-refractivity contribution in [3.8, 4) is 0 Å². The Balaban J connectivity index is 1.52. The van der Waals surface area contributed by atoms with E-state index in [9.17, 15) is 25.0 Å². The number of non-ortho nitro benzene ring substituents is 1. The largest absolute Gasteiger partial charge is 0.462 e. The third kappa shape index (κ3) is 5.51. The molecular formula is C29H28ClN3O6S. The Morgan fingerprint density at radius 1 is 1.07 bits per heavy atom. The molecule has 2 aliphatic rings. The number of benzene rings is 3.